The van der Waals surface area contributed by atoms with E-state index in [1.54, 1.807) is 7.11 Å². The van der Waals surface area contributed by atoms with Gasteiger partial charge in [-0.3, -0.25) is 0 Å². The molecular weight excluding hydrogens is 374 g/mol. The van der Waals surface area contributed by atoms with Crippen molar-refractivity contribution < 1.29 is 9.47 Å². The van der Waals surface area contributed by atoms with Crippen molar-refractivity contribution in [3.05, 3.63) is 38.8 Å². The number of benzene rings is 1. The standard InChI is InChI=1S/C14H19Br2NO2/c1-10(2)9-19-5-4-17-8-11-6-12(15)14(18-3)13(16)7-11/h6-7,17H,1,4-5,8-9H2,2-3H3. The van der Waals surface area contributed by atoms with Crippen molar-refractivity contribution in [2.24, 2.45) is 0 Å². The van der Waals surface area contributed by atoms with Crippen molar-refractivity contribution in [3.63, 3.8) is 0 Å². The van der Waals surface area contributed by atoms with Crippen LogP contribution in [0.3, 0.4) is 0 Å². The summed E-state index contributed by atoms with van der Waals surface area (Å²) in [5.74, 6) is 0.813. The third kappa shape index (κ3) is 6.08. The van der Waals surface area contributed by atoms with Gasteiger partial charge >= 0.3 is 0 Å². The molecule has 106 valence electrons. The molecule has 1 rings (SSSR count). The lowest BCUT2D eigenvalue weighted by Crippen LogP contribution is -2.19. The first-order chi connectivity index (χ1) is 9.04. The summed E-state index contributed by atoms with van der Waals surface area (Å²) in [6.45, 7) is 8.66. The SMILES string of the molecule is C=C(C)COCCNCc1cc(Br)c(OC)c(Br)c1. The topological polar surface area (TPSA) is 30.5 Å². The summed E-state index contributed by atoms with van der Waals surface area (Å²) in [5.41, 5.74) is 2.22. The molecule has 1 aromatic rings. The maximum Gasteiger partial charge on any atom is 0.147 e. The first kappa shape index (κ1) is 16.7. The number of methoxy groups -OCH3 is 1. The molecule has 0 saturated carbocycles. The number of hydrogen-bond donors (Lipinski definition) is 1. The molecule has 0 aliphatic carbocycles. The van der Waals surface area contributed by atoms with E-state index in [2.05, 4.69) is 43.8 Å². The highest BCUT2D eigenvalue weighted by Gasteiger charge is 2.07. The molecule has 1 aromatic carbocycles. The minimum absolute atomic E-state index is 0.626. The highest BCUT2D eigenvalue weighted by atomic mass is 79.9. The van der Waals surface area contributed by atoms with Crippen LogP contribution in [-0.2, 0) is 11.3 Å². The van der Waals surface area contributed by atoms with Gasteiger partial charge in [-0.15, -0.1) is 0 Å². The van der Waals surface area contributed by atoms with Crippen molar-refractivity contribution in [1.82, 2.24) is 5.32 Å². The molecule has 0 radical (unpaired) electrons. The Bertz CT molecular complexity index is 412. The Hall–Kier alpha value is -0.360. The maximum atomic E-state index is 5.42. The van der Waals surface area contributed by atoms with Crippen molar-refractivity contribution >= 4 is 31.9 Å². The zero-order valence-corrected chi connectivity index (χ0v) is 14.4. The van der Waals surface area contributed by atoms with E-state index in [1.165, 1.54) is 5.56 Å². The van der Waals surface area contributed by atoms with E-state index in [4.69, 9.17) is 9.47 Å². The van der Waals surface area contributed by atoms with E-state index in [-0.39, 0.29) is 0 Å². The summed E-state index contributed by atoms with van der Waals surface area (Å²) in [5, 5.41) is 3.33. The summed E-state index contributed by atoms with van der Waals surface area (Å²) in [6.07, 6.45) is 0. The van der Waals surface area contributed by atoms with Gasteiger partial charge in [0.15, 0.2) is 0 Å². The van der Waals surface area contributed by atoms with Crippen LogP contribution in [0, 0.1) is 0 Å². The van der Waals surface area contributed by atoms with Gasteiger partial charge in [0, 0.05) is 13.1 Å². The fourth-order valence-electron chi connectivity index (χ4n) is 1.53. The first-order valence-electron chi connectivity index (χ1n) is 5.99. The second-order valence-corrected chi connectivity index (χ2v) is 5.99. The largest absolute Gasteiger partial charge is 0.494 e. The molecular formula is C14H19Br2NO2. The van der Waals surface area contributed by atoms with E-state index in [0.29, 0.717) is 13.2 Å². The molecule has 0 aliphatic heterocycles. The summed E-state index contributed by atoms with van der Waals surface area (Å²) in [6, 6.07) is 4.09. The number of hydrogen-bond acceptors (Lipinski definition) is 3. The Morgan fingerprint density at radius 2 is 1.95 bits per heavy atom. The van der Waals surface area contributed by atoms with Crippen LogP contribution >= 0.6 is 31.9 Å². The molecule has 0 saturated heterocycles. The van der Waals surface area contributed by atoms with Gasteiger partial charge in [0.25, 0.3) is 0 Å². The first-order valence-corrected chi connectivity index (χ1v) is 7.58. The molecule has 3 nitrogen and oxygen atoms in total. The molecule has 0 bridgehead atoms. The highest BCUT2D eigenvalue weighted by Crippen LogP contribution is 2.34. The number of nitrogens with one attached hydrogen (secondary N) is 1. The average Bonchev–Trinajstić information content (AvgIpc) is 2.33. The van der Waals surface area contributed by atoms with Crippen molar-refractivity contribution in [3.8, 4) is 5.75 Å². The monoisotopic (exact) mass is 391 g/mol. The summed E-state index contributed by atoms with van der Waals surface area (Å²) in [7, 11) is 1.65. The zero-order valence-electron chi connectivity index (χ0n) is 11.3. The Morgan fingerprint density at radius 1 is 1.32 bits per heavy atom. The second kappa shape index (κ2) is 8.74. The minimum Gasteiger partial charge on any atom is -0.494 e. The lowest BCUT2D eigenvalue weighted by molar-refractivity contribution is 0.158. The molecule has 0 unspecified atom stereocenters. The highest BCUT2D eigenvalue weighted by molar-refractivity contribution is 9.11. The predicted octanol–water partition coefficient (Wildman–Crippen LogP) is 3.90. The van der Waals surface area contributed by atoms with Crippen LogP contribution in [0.1, 0.15) is 12.5 Å². The fraction of sp³-hybridized carbons (Fsp3) is 0.429. The van der Waals surface area contributed by atoms with E-state index in [1.807, 2.05) is 19.1 Å². The van der Waals surface area contributed by atoms with Crippen LogP contribution in [0.2, 0.25) is 0 Å². The van der Waals surface area contributed by atoms with Gasteiger partial charge in [0.1, 0.15) is 5.75 Å². The Labute approximate surface area is 131 Å². The molecule has 0 amide bonds. The average molecular weight is 393 g/mol. The predicted molar refractivity (Wildman–Crippen MR) is 85.7 cm³/mol. The second-order valence-electron chi connectivity index (χ2n) is 4.28. The van der Waals surface area contributed by atoms with Crippen LogP contribution in [0.5, 0.6) is 5.75 Å². The number of rotatable bonds is 8. The number of halogens is 2. The Balaban J connectivity index is 2.36. The Kier molecular flexibility index (Phi) is 7.68. The third-order valence-corrected chi connectivity index (χ3v) is 3.54. The molecule has 0 atom stereocenters. The van der Waals surface area contributed by atoms with Gasteiger partial charge in [0.2, 0.25) is 0 Å². The lowest BCUT2D eigenvalue weighted by Gasteiger charge is -2.10. The normalized spacial score (nSPS) is 10.5. The summed E-state index contributed by atoms with van der Waals surface area (Å²) < 4.78 is 12.6. The van der Waals surface area contributed by atoms with Crippen LogP contribution in [0.25, 0.3) is 0 Å². The summed E-state index contributed by atoms with van der Waals surface area (Å²) in [4.78, 5) is 0. The van der Waals surface area contributed by atoms with E-state index >= 15 is 0 Å². The fourth-order valence-corrected chi connectivity index (χ4v) is 3.14. The minimum atomic E-state index is 0.626. The van der Waals surface area contributed by atoms with E-state index in [9.17, 15) is 0 Å². The van der Waals surface area contributed by atoms with Gasteiger partial charge in [-0.25, -0.2) is 0 Å². The maximum absolute atomic E-state index is 5.42. The Morgan fingerprint density at radius 3 is 2.47 bits per heavy atom. The third-order valence-electron chi connectivity index (χ3n) is 2.36. The zero-order chi connectivity index (χ0) is 14.3. The van der Waals surface area contributed by atoms with Gasteiger partial charge in [-0.05, 0) is 56.5 Å². The molecule has 1 N–H and O–H groups in total. The van der Waals surface area contributed by atoms with Crippen molar-refractivity contribution in [1.29, 1.82) is 0 Å². The van der Waals surface area contributed by atoms with Crippen LogP contribution in [-0.4, -0.2) is 26.9 Å². The van der Waals surface area contributed by atoms with Gasteiger partial charge in [0.05, 0.1) is 29.3 Å². The molecule has 0 aliphatic rings. The molecule has 5 heteroatoms. The molecule has 0 aromatic heterocycles. The van der Waals surface area contributed by atoms with Crippen LogP contribution in [0.4, 0.5) is 0 Å². The van der Waals surface area contributed by atoms with Crippen LogP contribution in [0.15, 0.2) is 33.2 Å². The van der Waals surface area contributed by atoms with Crippen LogP contribution < -0.4 is 10.1 Å². The van der Waals surface area contributed by atoms with Crippen molar-refractivity contribution in [2.45, 2.75) is 13.5 Å². The molecule has 0 fully saturated rings. The summed E-state index contributed by atoms with van der Waals surface area (Å²) >= 11 is 6.98. The quantitative estimate of drug-likeness (QED) is 0.537. The molecule has 0 spiro atoms. The van der Waals surface area contributed by atoms with Crippen molar-refractivity contribution in [2.75, 3.05) is 26.9 Å². The lowest BCUT2D eigenvalue weighted by atomic mass is 10.2. The smallest absolute Gasteiger partial charge is 0.147 e. The molecule has 19 heavy (non-hydrogen) atoms. The van der Waals surface area contributed by atoms with Gasteiger partial charge in [-0.2, -0.15) is 0 Å². The van der Waals surface area contributed by atoms with Gasteiger partial charge in [-0.1, -0.05) is 12.2 Å². The number of ether oxygens (including phenoxy) is 2. The van der Waals surface area contributed by atoms with Gasteiger partial charge < -0.3 is 14.8 Å². The molecule has 0 heterocycles. The van der Waals surface area contributed by atoms with E-state index in [0.717, 1.165) is 33.4 Å². The van der Waals surface area contributed by atoms with E-state index < -0.39 is 0 Å².